The van der Waals surface area contributed by atoms with Gasteiger partial charge in [0.25, 0.3) is 5.91 Å². The lowest BCUT2D eigenvalue weighted by atomic mass is 10.2. The molecule has 1 N–H and O–H groups in total. The Morgan fingerprint density at radius 1 is 1.42 bits per heavy atom. The van der Waals surface area contributed by atoms with E-state index in [4.69, 9.17) is 0 Å². The fraction of sp³-hybridized carbons (Fsp3) is 0.231. The summed E-state index contributed by atoms with van der Waals surface area (Å²) < 4.78 is 12.9. The number of hydrogen-bond donors (Lipinski definition) is 1. The Balaban J connectivity index is 1.78. The number of anilines is 1. The van der Waals surface area contributed by atoms with Gasteiger partial charge in [-0.25, -0.2) is 4.98 Å². The second-order valence-corrected chi connectivity index (χ2v) is 6.40. The number of aryl methyl sites for hydroxylation is 1. The van der Waals surface area contributed by atoms with Crippen LogP contribution in [0.25, 0.3) is 0 Å². The molecule has 1 amide bonds. The zero-order valence-electron chi connectivity index (χ0n) is 9.98. The molecule has 0 spiro atoms. The number of thioether (sulfide) groups is 1. The molecule has 0 atom stereocenters. The minimum Gasteiger partial charge on any atom is -0.306 e. The number of aromatic nitrogens is 1. The van der Waals surface area contributed by atoms with Crippen molar-refractivity contribution < 1.29 is 9.18 Å². The molecular weight excluding hydrogens is 283 g/mol. The van der Waals surface area contributed by atoms with Crippen molar-refractivity contribution in [3.63, 3.8) is 0 Å². The molecule has 0 radical (unpaired) electrons. The van der Waals surface area contributed by atoms with Crippen LogP contribution in [-0.4, -0.2) is 16.6 Å². The highest BCUT2D eigenvalue weighted by atomic mass is 32.2. The van der Waals surface area contributed by atoms with E-state index < -0.39 is 5.95 Å². The molecular formula is C13H11FN2OS2. The first kappa shape index (κ1) is 12.6. The number of carbonyl (C=O) groups is 1. The molecule has 0 fully saturated rings. The number of hydrogen-bond acceptors (Lipinski definition) is 4. The quantitative estimate of drug-likeness (QED) is 0.864. The molecule has 2 aromatic rings. The molecule has 3 nitrogen and oxygen atoms in total. The Labute approximate surface area is 118 Å². The second-order valence-electron chi connectivity index (χ2n) is 4.16. The monoisotopic (exact) mass is 294 g/mol. The van der Waals surface area contributed by atoms with Crippen LogP contribution in [0.4, 0.5) is 10.2 Å². The SMILES string of the molecule is O=C(Nc1cccc(F)n1)c1cc2c(s1)CCSC2. The van der Waals surface area contributed by atoms with E-state index in [1.807, 2.05) is 17.8 Å². The predicted molar refractivity (Wildman–Crippen MR) is 76.3 cm³/mol. The maximum absolute atomic E-state index is 12.9. The number of halogens is 1. The molecule has 0 aliphatic carbocycles. The van der Waals surface area contributed by atoms with Crippen molar-refractivity contribution in [1.29, 1.82) is 0 Å². The summed E-state index contributed by atoms with van der Waals surface area (Å²) in [5, 5.41) is 2.62. The number of pyridine rings is 1. The number of rotatable bonds is 2. The van der Waals surface area contributed by atoms with E-state index in [0.717, 1.165) is 17.9 Å². The number of fused-ring (bicyclic) bond motifs is 1. The molecule has 0 aromatic carbocycles. The van der Waals surface area contributed by atoms with Gasteiger partial charge in [0.1, 0.15) is 5.82 Å². The van der Waals surface area contributed by atoms with Crippen molar-refractivity contribution in [2.24, 2.45) is 0 Å². The van der Waals surface area contributed by atoms with Gasteiger partial charge in [0.2, 0.25) is 5.95 Å². The predicted octanol–water partition coefficient (Wildman–Crippen LogP) is 3.32. The maximum Gasteiger partial charge on any atom is 0.266 e. The highest BCUT2D eigenvalue weighted by molar-refractivity contribution is 7.98. The van der Waals surface area contributed by atoms with Gasteiger partial charge < -0.3 is 5.32 Å². The summed E-state index contributed by atoms with van der Waals surface area (Å²) in [4.78, 5) is 17.6. The van der Waals surface area contributed by atoms with Gasteiger partial charge in [-0.05, 0) is 35.9 Å². The van der Waals surface area contributed by atoms with Gasteiger partial charge in [0.15, 0.2) is 0 Å². The Hall–Kier alpha value is -1.40. The van der Waals surface area contributed by atoms with E-state index in [1.54, 1.807) is 6.07 Å². The van der Waals surface area contributed by atoms with Crippen LogP contribution in [-0.2, 0) is 12.2 Å². The minimum absolute atomic E-state index is 0.220. The van der Waals surface area contributed by atoms with Gasteiger partial charge in [0.05, 0.1) is 4.88 Å². The van der Waals surface area contributed by atoms with E-state index >= 15 is 0 Å². The van der Waals surface area contributed by atoms with Gasteiger partial charge in [-0.15, -0.1) is 11.3 Å². The molecule has 98 valence electrons. The molecule has 3 rings (SSSR count). The largest absolute Gasteiger partial charge is 0.306 e. The van der Waals surface area contributed by atoms with Gasteiger partial charge in [-0.3, -0.25) is 4.79 Å². The number of amides is 1. The lowest BCUT2D eigenvalue weighted by Crippen LogP contribution is -2.11. The van der Waals surface area contributed by atoms with Crippen LogP contribution in [0.3, 0.4) is 0 Å². The maximum atomic E-state index is 12.9. The Morgan fingerprint density at radius 2 is 2.32 bits per heavy atom. The summed E-state index contributed by atoms with van der Waals surface area (Å²) in [6, 6.07) is 6.27. The summed E-state index contributed by atoms with van der Waals surface area (Å²) >= 11 is 3.40. The molecule has 1 aliphatic rings. The molecule has 0 bridgehead atoms. The summed E-state index contributed by atoms with van der Waals surface area (Å²) in [6.07, 6.45) is 1.02. The van der Waals surface area contributed by atoms with Crippen molar-refractivity contribution in [3.8, 4) is 0 Å². The van der Waals surface area contributed by atoms with Crippen molar-refractivity contribution in [2.45, 2.75) is 12.2 Å². The van der Waals surface area contributed by atoms with Crippen LogP contribution < -0.4 is 5.32 Å². The molecule has 0 saturated heterocycles. The third-order valence-electron chi connectivity index (χ3n) is 2.81. The standard InChI is InChI=1S/C13H11FN2OS2/c14-11-2-1-3-12(15-11)16-13(17)10-6-8-7-18-5-4-9(8)19-10/h1-3,6H,4-5,7H2,(H,15,16,17). The average Bonchev–Trinajstić information content (AvgIpc) is 2.82. The van der Waals surface area contributed by atoms with E-state index in [0.29, 0.717) is 4.88 Å². The zero-order valence-corrected chi connectivity index (χ0v) is 11.6. The number of nitrogens with one attached hydrogen (secondary N) is 1. The number of nitrogens with zero attached hydrogens (tertiary/aromatic N) is 1. The molecule has 1 aliphatic heterocycles. The highest BCUT2D eigenvalue weighted by Crippen LogP contribution is 2.31. The molecule has 6 heteroatoms. The van der Waals surface area contributed by atoms with E-state index in [9.17, 15) is 9.18 Å². The summed E-state index contributed by atoms with van der Waals surface area (Å²) in [7, 11) is 0. The second kappa shape index (κ2) is 5.30. The van der Waals surface area contributed by atoms with E-state index in [1.165, 1.54) is 33.9 Å². The van der Waals surface area contributed by atoms with E-state index in [-0.39, 0.29) is 11.7 Å². The topological polar surface area (TPSA) is 42.0 Å². The van der Waals surface area contributed by atoms with Crippen LogP contribution in [0, 0.1) is 5.95 Å². The Kier molecular flexibility index (Phi) is 3.52. The summed E-state index contributed by atoms with van der Waals surface area (Å²) in [6.45, 7) is 0. The van der Waals surface area contributed by atoms with Crippen molar-refractivity contribution in [3.05, 3.63) is 45.5 Å². The molecule has 19 heavy (non-hydrogen) atoms. The first-order valence-electron chi connectivity index (χ1n) is 5.85. The molecule has 0 unspecified atom stereocenters. The summed E-state index contributed by atoms with van der Waals surface area (Å²) in [5.74, 6) is 1.50. The highest BCUT2D eigenvalue weighted by Gasteiger charge is 2.17. The summed E-state index contributed by atoms with van der Waals surface area (Å²) in [5.41, 5.74) is 1.25. The Morgan fingerprint density at radius 3 is 3.11 bits per heavy atom. The van der Waals surface area contributed by atoms with Gasteiger partial charge in [0, 0.05) is 10.6 Å². The van der Waals surface area contributed by atoms with Gasteiger partial charge in [-0.2, -0.15) is 16.2 Å². The van der Waals surface area contributed by atoms with Crippen LogP contribution in [0.15, 0.2) is 24.3 Å². The Bertz CT molecular complexity index is 603. The van der Waals surface area contributed by atoms with Crippen molar-refractivity contribution in [2.75, 3.05) is 11.1 Å². The van der Waals surface area contributed by atoms with Crippen molar-refractivity contribution >= 4 is 34.8 Å². The van der Waals surface area contributed by atoms with Crippen molar-refractivity contribution in [1.82, 2.24) is 4.98 Å². The van der Waals surface area contributed by atoms with Crippen LogP contribution in [0.1, 0.15) is 20.1 Å². The van der Waals surface area contributed by atoms with Gasteiger partial charge in [-0.1, -0.05) is 6.07 Å². The number of thiophene rings is 1. The minimum atomic E-state index is -0.598. The van der Waals surface area contributed by atoms with Crippen LogP contribution in [0.5, 0.6) is 0 Å². The molecule has 2 aromatic heterocycles. The lowest BCUT2D eigenvalue weighted by Gasteiger charge is -2.08. The fourth-order valence-electron chi connectivity index (χ4n) is 1.91. The first-order valence-corrected chi connectivity index (χ1v) is 7.83. The smallest absolute Gasteiger partial charge is 0.266 e. The zero-order chi connectivity index (χ0) is 13.2. The first-order chi connectivity index (χ1) is 9.22. The molecule has 3 heterocycles. The third-order valence-corrected chi connectivity index (χ3v) is 5.05. The normalized spacial score (nSPS) is 13.9. The fourth-order valence-corrected chi connectivity index (χ4v) is 4.18. The average molecular weight is 294 g/mol. The lowest BCUT2D eigenvalue weighted by molar-refractivity contribution is 0.103. The van der Waals surface area contributed by atoms with E-state index in [2.05, 4.69) is 10.3 Å². The third kappa shape index (κ3) is 2.79. The van der Waals surface area contributed by atoms with Crippen LogP contribution >= 0.6 is 23.1 Å². The van der Waals surface area contributed by atoms with Gasteiger partial charge >= 0.3 is 0 Å². The number of carbonyl (C=O) groups excluding carboxylic acids is 1. The molecule has 0 saturated carbocycles. The van der Waals surface area contributed by atoms with Crippen LogP contribution in [0.2, 0.25) is 0 Å².